The number of imidazole rings is 1. The van der Waals surface area contributed by atoms with Crippen molar-refractivity contribution in [2.24, 2.45) is 11.7 Å². The summed E-state index contributed by atoms with van der Waals surface area (Å²) in [6.07, 6.45) is 4.66. The molecule has 0 radical (unpaired) electrons. The van der Waals surface area contributed by atoms with E-state index < -0.39 is 10.0 Å². The second-order valence-electron chi connectivity index (χ2n) is 4.70. The minimum atomic E-state index is -3.48. The highest BCUT2D eigenvalue weighted by atomic mass is 35.5. The average Bonchev–Trinajstić information content (AvgIpc) is 2.73. The lowest BCUT2D eigenvalue weighted by atomic mass is 10.2. The number of unbranched alkanes of at least 4 members (excludes halogenated alkanes) is 1. The summed E-state index contributed by atoms with van der Waals surface area (Å²) in [5.41, 5.74) is 5.35. The van der Waals surface area contributed by atoms with Gasteiger partial charge < -0.3 is 10.3 Å². The monoisotopic (exact) mass is 310 g/mol. The van der Waals surface area contributed by atoms with Gasteiger partial charge in [-0.2, -0.15) is 0 Å². The third kappa shape index (κ3) is 6.38. The summed E-state index contributed by atoms with van der Waals surface area (Å²) in [5.74, 6) is 0.451. The molecule has 1 rings (SSSR count). The van der Waals surface area contributed by atoms with Crippen LogP contribution in [0.5, 0.6) is 0 Å². The maximum atomic E-state index is 11.9. The van der Waals surface area contributed by atoms with E-state index in [1.54, 1.807) is 17.1 Å². The summed E-state index contributed by atoms with van der Waals surface area (Å²) in [6.45, 7) is 5.87. The Labute approximate surface area is 121 Å². The Morgan fingerprint density at radius 1 is 1.42 bits per heavy atom. The Balaban J connectivity index is 0.00000324. The molecule has 0 aliphatic heterocycles. The van der Waals surface area contributed by atoms with Crippen LogP contribution in [0.3, 0.4) is 0 Å². The number of hydrogen-bond donors (Lipinski definition) is 2. The summed E-state index contributed by atoms with van der Waals surface area (Å²) in [6, 6.07) is 0. The normalized spacial score (nSPS) is 11.6. The largest absolute Gasteiger partial charge is 0.336 e. The molecule has 0 aromatic carbocycles. The Bertz CT molecular complexity index is 459. The fourth-order valence-corrected chi connectivity index (χ4v) is 2.57. The number of sulfonamides is 1. The van der Waals surface area contributed by atoms with E-state index in [0.29, 0.717) is 19.0 Å². The fourth-order valence-electron chi connectivity index (χ4n) is 1.55. The number of nitrogens with one attached hydrogen (secondary N) is 1. The van der Waals surface area contributed by atoms with Gasteiger partial charge in [0.05, 0.1) is 6.33 Å². The number of aromatic nitrogens is 2. The first kappa shape index (κ1) is 18.4. The third-order valence-corrected chi connectivity index (χ3v) is 3.73. The quantitative estimate of drug-likeness (QED) is 0.700. The summed E-state index contributed by atoms with van der Waals surface area (Å²) >= 11 is 0. The minimum Gasteiger partial charge on any atom is -0.336 e. The summed E-state index contributed by atoms with van der Waals surface area (Å²) < 4.78 is 28.1. The van der Waals surface area contributed by atoms with E-state index in [-0.39, 0.29) is 17.4 Å². The molecule has 0 aliphatic carbocycles. The van der Waals surface area contributed by atoms with E-state index in [1.807, 2.05) is 0 Å². The van der Waals surface area contributed by atoms with Gasteiger partial charge in [-0.05, 0) is 25.3 Å². The van der Waals surface area contributed by atoms with Gasteiger partial charge in [0.25, 0.3) is 10.0 Å². The number of nitrogens with zero attached hydrogens (tertiary/aromatic N) is 2. The molecule has 0 atom stereocenters. The van der Waals surface area contributed by atoms with Gasteiger partial charge in [-0.25, -0.2) is 18.1 Å². The lowest BCUT2D eigenvalue weighted by molar-refractivity contribution is 0.521. The zero-order chi connectivity index (χ0) is 13.6. The van der Waals surface area contributed by atoms with Crippen LogP contribution < -0.4 is 10.5 Å². The van der Waals surface area contributed by atoms with Crippen LogP contribution in [-0.2, 0) is 16.6 Å². The highest BCUT2D eigenvalue weighted by Crippen LogP contribution is 2.07. The van der Waals surface area contributed by atoms with Gasteiger partial charge in [0, 0.05) is 19.3 Å². The van der Waals surface area contributed by atoms with E-state index in [9.17, 15) is 8.42 Å². The van der Waals surface area contributed by atoms with Crippen molar-refractivity contribution in [3.05, 3.63) is 12.5 Å². The molecule has 0 fully saturated rings. The van der Waals surface area contributed by atoms with Gasteiger partial charge in [-0.15, -0.1) is 12.4 Å². The minimum absolute atomic E-state index is 0. The van der Waals surface area contributed by atoms with Gasteiger partial charge in [0.2, 0.25) is 0 Å². The van der Waals surface area contributed by atoms with Crippen LogP contribution in [0.1, 0.15) is 26.7 Å². The van der Waals surface area contributed by atoms with Crippen molar-refractivity contribution in [3.63, 3.8) is 0 Å². The van der Waals surface area contributed by atoms with Gasteiger partial charge in [0.1, 0.15) is 0 Å². The molecule has 112 valence electrons. The standard InChI is InChI=1S/C11H22N4O2S.ClH/c1-10(2)7-15-8-11(13-9-15)18(16,17)14-6-4-3-5-12;/h8-10,14H,3-7,12H2,1-2H3;1H. The molecule has 0 unspecified atom stereocenters. The lowest BCUT2D eigenvalue weighted by Gasteiger charge is -2.05. The molecule has 6 nitrogen and oxygen atoms in total. The Morgan fingerprint density at radius 3 is 2.68 bits per heavy atom. The molecule has 0 amide bonds. The molecular formula is C11H23ClN4O2S. The van der Waals surface area contributed by atoms with Crippen molar-refractivity contribution in [1.82, 2.24) is 14.3 Å². The van der Waals surface area contributed by atoms with Crippen molar-refractivity contribution in [2.75, 3.05) is 13.1 Å². The average molecular weight is 311 g/mol. The molecule has 0 spiro atoms. The van der Waals surface area contributed by atoms with Gasteiger partial charge in [-0.1, -0.05) is 13.8 Å². The topological polar surface area (TPSA) is 90.0 Å². The van der Waals surface area contributed by atoms with Crippen LogP contribution >= 0.6 is 12.4 Å². The maximum Gasteiger partial charge on any atom is 0.259 e. The second-order valence-corrected chi connectivity index (χ2v) is 6.41. The molecule has 0 bridgehead atoms. The lowest BCUT2D eigenvalue weighted by Crippen LogP contribution is -2.25. The van der Waals surface area contributed by atoms with Gasteiger partial charge >= 0.3 is 0 Å². The fraction of sp³-hybridized carbons (Fsp3) is 0.727. The molecule has 1 heterocycles. The molecule has 3 N–H and O–H groups in total. The number of nitrogens with two attached hydrogens (primary N) is 1. The first-order valence-corrected chi connectivity index (χ1v) is 7.65. The zero-order valence-corrected chi connectivity index (χ0v) is 13.0. The van der Waals surface area contributed by atoms with Crippen molar-refractivity contribution in [3.8, 4) is 0 Å². The first-order chi connectivity index (χ1) is 8.45. The summed E-state index contributed by atoms with van der Waals surface area (Å²) in [5, 5.41) is 0.0795. The molecule has 19 heavy (non-hydrogen) atoms. The van der Waals surface area contributed by atoms with E-state index >= 15 is 0 Å². The predicted octanol–water partition coefficient (Wildman–Crippen LogP) is 0.978. The van der Waals surface area contributed by atoms with Crippen molar-refractivity contribution in [2.45, 2.75) is 38.3 Å². The number of halogens is 1. The predicted molar refractivity (Wildman–Crippen MR) is 77.8 cm³/mol. The molecule has 0 aliphatic rings. The Kier molecular flexibility index (Phi) is 8.24. The van der Waals surface area contributed by atoms with Crippen molar-refractivity contribution in [1.29, 1.82) is 0 Å². The Hall–Kier alpha value is -0.630. The molecule has 1 aromatic heterocycles. The molecule has 0 saturated carbocycles. The smallest absolute Gasteiger partial charge is 0.259 e. The highest BCUT2D eigenvalue weighted by molar-refractivity contribution is 7.89. The molecule has 0 saturated heterocycles. The van der Waals surface area contributed by atoms with Crippen LogP contribution in [0.15, 0.2) is 17.6 Å². The van der Waals surface area contributed by atoms with Crippen LogP contribution in [0.4, 0.5) is 0 Å². The number of hydrogen-bond acceptors (Lipinski definition) is 4. The SMILES string of the molecule is CC(C)Cn1cnc(S(=O)(=O)NCCCCN)c1.Cl. The zero-order valence-electron chi connectivity index (χ0n) is 11.4. The number of rotatable bonds is 8. The van der Waals surface area contributed by atoms with E-state index in [4.69, 9.17) is 5.73 Å². The van der Waals surface area contributed by atoms with Crippen LogP contribution in [0, 0.1) is 5.92 Å². The van der Waals surface area contributed by atoms with Gasteiger partial charge in [0.15, 0.2) is 5.03 Å². The molecular weight excluding hydrogens is 288 g/mol. The van der Waals surface area contributed by atoms with E-state index in [1.165, 1.54) is 0 Å². The van der Waals surface area contributed by atoms with Crippen LogP contribution in [0.2, 0.25) is 0 Å². The van der Waals surface area contributed by atoms with E-state index in [0.717, 1.165) is 19.4 Å². The Morgan fingerprint density at radius 2 is 2.11 bits per heavy atom. The highest BCUT2D eigenvalue weighted by Gasteiger charge is 2.16. The molecule has 8 heteroatoms. The van der Waals surface area contributed by atoms with Crippen LogP contribution in [0.25, 0.3) is 0 Å². The van der Waals surface area contributed by atoms with Crippen molar-refractivity contribution >= 4 is 22.4 Å². The third-order valence-electron chi connectivity index (χ3n) is 2.38. The maximum absolute atomic E-state index is 11.9. The van der Waals surface area contributed by atoms with Crippen LogP contribution in [-0.4, -0.2) is 31.1 Å². The van der Waals surface area contributed by atoms with Gasteiger partial charge in [-0.3, -0.25) is 0 Å². The summed E-state index contributed by atoms with van der Waals surface area (Å²) in [4.78, 5) is 3.93. The van der Waals surface area contributed by atoms with Crippen molar-refractivity contribution < 1.29 is 8.42 Å². The molecule has 1 aromatic rings. The first-order valence-electron chi connectivity index (χ1n) is 6.17. The second kappa shape index (κ2) is 8.52. The van der Waals surface area contributed by atoms with E-state index in [2.05, 4.69) is 23.6 Å². The summed E-state index contributed by atoms with van der Waals surface area (Å²) in [7, 11) is -3.48.